The maximum Gasteiger partial charge on any atom is 0.119 e. The van der Waals surface area contributed by atoms with E-state index < -0.39 is 6.10 Å². The Balaban J connectivity index is 1.53. The van der Waals surface area contributed by atoms with Gasteiger partial charge in [0.1, 0.15) is 18.5 Å². The van der Waals surface area contributed by atoms with Crippen LogP contribution in [0.15, 0.2) is 54.7 Å². The summed E-state index contributed by atoms with van der Waals surface area (Å²) in [6.45, 7) is 1.64. The molecule has 3 aromatic rings. The predicted octanol–water partition coefficient (Wildman–Crippen LogP) is 3.08. The molecule has 0 fully saturated rings. The highest BCUT2D eigenvalue weighted by molar-refractivity contribution is 5.83. The van der Waals surface area contributed by atoms with Crippen LogP contribution in [0.5, 0.6) is 5.75 Å². The highest BCUT2D eigenvalue weighted by Crippen LogP contribution is 2.20. The summed E-state index contributed by atoms with van der Waals surface area (Å²) in [6.07, 6.45) is 1.47. The molecule has 2 aromatic carbocycles. The van der Waals surface area contributed by atoms with Gasteiger partial charge in [-0.25, -0.2) is 0 Å². The Kier molecular flexibility index (Phi) is 5.58. The van der Waals surface area contributed by atoms with E-state index in [4.69, 9.17) is 4.74 Å². The molecular weight excluding hydrogens is 314 g/mol. The molecule has 0 spiro atoms. The van der Waals surface area contributed by atoms with Gasteiger partial charge in [-0.2, -0.15) is 0 Å². The van der Waals surface area contributed by atoms with Gasteiger partial charge in [0.15, 0.2) is 0 Å². The van der Waals surface area contributed by atoms with Crippen molar-refractivity contribution >= 4 is 16.6 Å². The molecule has 25 heavy (non-hydrogen) atoms. The van der Waals surface area contributed by atoms with Gasteiger partial charge < -0.3 is 25.0 Å². The normalized spacial score (nSPS) is 12.5. The first-order valence-corrected chi connectivity index (χ1v) is 8.46. The van der Waals surface area contributed by atoms with Crippen molar-refractivity contribution in [3.63, 3.8) is 0 Å². The number of aromatic amines is 1. The van der Waals surface area contributed by atoms with Gasteiger partial charge in [-0.15, -0.1) is 0 Å². The van der Waals surface area contributed by atoms with Crippen LogP contribution in [0.4, 0.5) is 5.69 Å². The first kappa shape index (κ1) is 17.3. The Morgan fingerprint density at radius 1 is 1.12 bits per heavy atom. The number of aliphatic hydroxyl groups is 1. The van der Waals surface area contributed by atoms with E-state index in [1.807, 2.05) is 49.5 Å². The summed E-state index contributed by atoms with van der Waals surface area (Å²) >= 11 is 0. The molecule has 0 aliphatic heterocycles. The molecule has 5 nitrogen and oxygen atoms in total. The first-order valence-electron chi connectivity index (χ1n) is 8.46. The number of H-pyrrole nitrogens is 1. The second kappa shape index (κ2) is 8.05. The van der Waals surface area contributed by atoms with Crippen LogP contribution in [0.25, 0.3) is 10.9 Å². The quantitative estimate of drug-likeness (QED) is 0.590. The zero-order valence-electron chi connectivity index (χ0n) is 14.7. The van der Waals surface area contributed by atoms with Crippen molar-refractivity contribution in [1.82, 2.24) is 9.88 Å². The number of anilines is 1. The summed E-state index contributed by atoms with van der Waals surface area (Å²) < 4.78 is 5.63. The molecule has 0 radical (unpaired) electrons. The number of ether oxygens (including phenoxy) is 1. The molecule has 5 heteroatoms. The fraction of sp³-hybridized carbons (Fsp3) is 0.300. The van der Waals surface area contributed by atoms with Crippen LogP contribution in [-0.4, -0.2) is 48.3 Å². The van der Waals surface area contributed by atoms with Gasteiger partial charge in [0.2, 0.25) is 0 Å². The van der Waals surface area contributed by atoms with Crippen LogP contribution in [0.3, 0.4) is 0 Å². The molecule has 0 saturated heterocycles. The number of aromatic nitrogens is 1. The lowest BCUT2D eigenvalue weighted by Gasteiger charge is -2.16. The number of fused-ring (bicyclic) bond motifs is 1. The second-order valence-electron chi connectivity index (χ2n) is 6.46. The van der Waals surface area contributed by atoms with Crippen molar-refractivity contribution in [2.45, 2.75) is 12.6 Å². The third-order valence-electron chi connectivity index (χ3n) is 4.04. The van der Waals surface area contributed by atoms with E-state index in [9.17, 15) is 5.11 Å². The van der Waals surface area contributed by atoms with E-state index in [-0.39, 0.29) is 0 Å². The molecule has 1 atom stereocenters. The molecular formula is C20H25N3O2. The Bertz CT molecular complexity index is 796. The highest BCUT2D eigenvalue weighted by atomic mass is 16.5. The molecule has 132 valence electrons. The Hall–Kier alpha value is -2.50. The summed E-state index contributed by atoms with van der Waals surface area (Å²) in [6, 6.07) is 16.2. The molecule has 0 aliphatic rings. The van der Waals surface area contributed by atoms with Crippen LogP contribution < -0.4 is 10.1 Å². The van der Waals surface area contributed by atoms with E-state index in [0.29, 0.717) is 13.2 Å². The fourth-order valence-electron chi connectivity index (χ4n) is 2.84. The van der Waals surface area contributed by atoms with E-state index in [1.54, 1.807) is 0 Å². The monoisotopic (exact) mass is 339 g/mol. The Morgan fingerprint density at radius 2 is 1.92 bits per heavy atom. The van der Waals surface area contributed by atoms with Gasteiger partial charge in [-0.1, -0.05) is 12.1 Å². The topological polar surface area (TPSA) is 60.5 Å². The molecule has 1 unspecified atom stereocenters. The van der Waals surface area contributed by atoms with Crippen molar-refractivity contribution in [2.75, 3.05) is 32.6 Å². The number of nitrogens with zero attached hydrogens (tertiary/aromatic N) is 1. The summed E-state index contributed by atoms with van der Waals surface area (Å²) in [5.41, 5.74) is 3.44. The molecule has 0 saturated carbocycles. The standard InChI is InChI=1S/C20H25N3O2/c1-23(2)13-17(24)14-25-18-8-6-16(7-9-18)22-12-15-4-3-5-20-19(15)10-11-21-20/h3-11,17,21-22,24H,12-14H2,1-2H3. The minimum atomic E-state index is -0.491. The Morgan fingerprint density at radius 3 is 2.68 bits per heavy atom. The van der Waals surface area contributed by atoms with Crippen molar-refractivity contribution in [2.24, 2.45) is 0 Å². The van der Waals surface area contributed by atoms with Gasteiger partial charge in [0.25, 0.3) is 0 Å². The Labute approximate surface area is 148 Å². The zero-order chi connectivity index (χ0) is 17.6. The zero-order valence-corrected chi connectivity index (χ0v) is 14.7. The largest absolute Gasteiger partial charge is 0.491 e. The number of hydrogen-bond donors (Lipinski definition) is 3. The lowest BCUT2D eigenvalue weighted by molar-refractivity contribution is 0.0831. The van der Waals surface area contributed by atoms with Crippen LogP contribution in [0, 0.1) is 0 Å². The average Bonchev–Trinajstić information content (AvgIpc) is 3.08. The predicted molar refractivity (Wildman–Crippen MR) is 102 cm³/mol. The lowest BCUT2D eigenvalue weighted by Crippen LogP contribution is -2.30. The molecule has 0 amide bonds. The van der Waals surface area contributed by atoms with Crippen molar-refractivity contribution in [3.05, 3.63) is 60.3 Å². The van der Waals surface area contributed by atoms with Crippen LogP contribution in [0.1, 0.15) is 5.56 Å². The molecule has 0 bridgehead atoms. The van der Waals surface area contributed by atoms with Crippen molar-refractivity contribution in [3.8, 4) is 5.75 Å². The highest BCUT2D eigenvalue weighted by Gasteiger charge is 2.06. The summed E-state index contributed by atoms with van der Waals surface area (Å²) in [5.74, 6) is 0.760. The van der Waals surface area contributed by atoms with E-state index >= 15 is 0 Å². The minimum Gasteiger partial charge on any atom is -0.491 e. The minimum absolute atomic E-state index is 0.292. The number of hydrogen-bond acceptors (Lipinski definition) is 4. The van der Waals surface area contributed by atoms with E-state index in [2.05, 4.69) is 34.6 Å². The van der Waals surface area contributed by atoms with Crippen molar-refractivity contribution in [1.29, 1.82) is 0 Å². The number of rotatable bonds is 8. The van der Waals surface area contributed by atoms with Crippen LogP contribution >= 0.6 is 0 Å². The maximum absolute atomic E-state index is 9.83. The number of benzene rings is 2. The van der Waals surface area contributed by atoms with Crippen LogP contribution in [-0.2, 0) is 6.54 Å². The molecule has 3 N–H and O–H groups in total. The SMILES string of the molecule is CN(C)CC(O)COc1ccc(NCc2cccc3[nH]ccc23)cc1. The van der Waals surface area contributed by atoms with Crippen molar-refractivity contribution < 1.29 is 9.84 Å². The molecule has 1 aromatic heterocycles. The van der Waals surface area contributed by atoms with Gasteiger partial charge in [-0.05, 0) is 56.1 Å². The summed E-state index contributed by atoms with van der Waals surface area (Å²) in [5, 5.41) is 14.5. The lowest BCUT2D eigenvalue weighted by atomic mass is 10.1. The molecule has 3 rings (SSSR count). The second-order valence-corrected chi connectivity index (χ2v) is 6.46. The fourth-order valence-corrected chi connectivity index (χ4v) is 2.84. The van der Waals surface area contributed by atoms with Crippen LogP contribution in [0.2, 0.25) is 0 Å². The summed E-state index contributed by atoms with van der Waals surface area (Å²) in [4.78, 5) is 5.17. The third-order valence-corrected chi connectivity index (χ3v) is 4.04. The first-order chi connectivity index (χ1) is 12.1. The van der Waals surface area contributed by atoms with Gasteiger partial charge in [-0.3, -0.25) is 0 Å². The third kappa shape index (κ3) is 4.75. The van der Waals surface area contributed by atoms with E-state index in [1.165, 1.54) is 10.9 Å². The number of aliphatic hydroxyl groups excluding tert-OH is 1. The van der Waals surface area contributed by atoms with Gasteiger partial charge >= 0.3 is 0 Å². The maximum atomic E-state index is 9.83. The molecule has 1 heterocycles. The number of likely N-dealkylation sites (N-methyl/N-ethyl adjacent to an activating group) is 1. The van der Waals surface area contributed by atoms with E-state index in [0.717, 1.165) is 23.5 Å². The van der Waals surface area contributed by atoms with Gasteiger partial charge in [0, 0.05) is 35.9 Å². The number of nitrogens with one attached hydrogen (secondary N) is 2. The summed E-state index contributed by atoms with van der Waals surface area (Å²) in [7, 11) is 3.86. The molecule has 0 aliphatic carbocycles. The average molecular weight is 339 g/mol. The smallest absolute Gasteiger partial charge is 0.119 e. The van der Waals surface area contributed by atoms with Gasteiger partial charge in [0.05, 0.1) is 0 Å².